The van der Waals surface area contributed by atoms with Crippen molar-refractivity contribution in [3.8, 4) is 5.75 Å². The fourth-order valence-electron chi connectivity index (χ4n) is 3.29. The molecule has 3 rings (SSSR count). The van der Waals surface area contributed by atoms with Gasteiger partial charge in [-0.05, 0) is 29.8 Å². The summed E-state index contributed by atoms with van der Waals surface area (Å²) in [4.78, 5) is 36.8. The van der Waals surface area contributed by atoms with Gasteiger partial charge >= 0.3 is 5.97 Å². The number of hydrogen-bond donors (Lipinski definition) is 2. The summed E-state index contributed by atoms with van der Waals surface area (Å²) in [5.74, 6) is -2.19. The Kier molecular flexibility index (Phi) is 5.40. The van der Waals surface area contributed by atoms with Crippen LogP contribution < -0.4 is 10.5 Å². The molecule has 1 aliphatic rings. The Balaban J connectivity index is 1.73. The van der Waals surface area contributed by atoms with Gasteiger partial charge in [0.2, 0.25) is 0 Å². The highest BCUT2D eigenvalue weighted by Crippen LogP contribution is 2.33. The van der Waals surface area contributed by atoms with Crippen molar-refractivity contribution < 1.29 is 24.2 Å². The minimum atomic E-state index is -0.908. The molecule has 0 aromatic heterocycles. The van der Waals surface area contributed by atoms with Gasteiger partial charge in [-0.3, -0.25) is 14.4 Å². The molecular weight excluding hydrogens is 348 g/mol. The van der Waals surface area contributed by atoms with E-state index in [1.165, 1.54) is 0 Å². The van der Waals surface area contributed by atoms with Crippen LogP contribution in [0.4, 0.5) is 0 Å². The van der Waals surface area contributed by atoms with E-state index in [4.69, 9.17) is 10.5 Å². The number of likely N-dealkylation sites (tertiary alicyclic amines) is 1. The van der Waals surface area contributed by atoms with Crippen LogP contribution in [-0.2, 0) is 9.59 Å². The molecule has 0 spiro atoms. The molecule has 2 atom stereocenters. The summed E-state index contributed by atoms with van der Waals surface area (Å²) in [6, 6.07) is 15.7. The average molecular weight is 368 g/mol. The highest BCUT2D eigenvalue weighted by Gasteiger charge is 2.40. The Morgan fingerprint density at radius 2 is 1.70 bits per heavy atom. The number of aliphatic carboxylic acids is 1. The Bertz CT molecular complexity index is 835. The van der Waals surface area contributed by atoms with Crippen molar-refractivity contribution in [2.24, 2.45) is 11.7 Å². The summed E-state index contributed by atoms with van der Waals surface area (Å²) in [6.07, 6.45) is 0. The lowest BCUT2D eigenvalue weighted by atomic mass is 9.89. The number of ether oxygens (including phenoxy) is 1. The highest BCUT2D eigenvalue weighted by atomic mass is 16.5. The van der Waals surface area contributed by atoms with Gasteiger partial charge in [-0.25, -0.2) is 0 Å². The maximum Gasteiger partial charge on any atom is 0.308 e. The molecule has 0 bridgehead atoms. The molecule has 1 heterocycles. The average Bonchev–Trinajstić information content (AvgIpc) is 3.13. The number of nitrogens with zero attached hydrogens (tertiary/aromatic N) is 1. The van der Waals surface area contributed by atoms with E-state index in [0.717, 1.165) is 5.56 Å². The zero-order valence-corrected chi connectivity index (χ0v) is 14.6. The monoisotopic (exact) mass is 368 g/mol. The fourth-order valence-corrected chi connectivity index (χ4v) is 3.29. The standard InChI is InChI=1S/C20H20N2O5/c21-18(23)12-27-15-8-6-14(7-9-15)19(24)22-10-16(17(11-22)20(25)26)13-4-2-1-3-5-13/h1-9,16-17H,10-12H2,(H2,21,23)(H,25,26)/t16-,17-/m0/s1. The SMILES string of the molecule is NC(=O)COc1ccc(C(=O)N2C[C@H](C(=O)O)[C@H](c3ccccc3)C2)cc1. The smallest absolute Gasteiger partial charge is 0.308 e. The number of benzene rings is 2. The quantitative estimate of drug-likeness (QED) is 0.803. The van der Waals surface area contributed by atoms with Crippen molar-refractivity contribution in [2.45, 2.75) is 5.92 Å². The first-order valence-electron chi connectivity index (χ1n) is 8.54. The number of rotatable bonds is 6. The van der Waals surface area contributed by atoms with E-state index in [-0.39, 0.29) is 25.0 Å². The number of hydrogen-bond acceptors (Lipinski definition) is 4. The van der Waals surface area contributed by atoms with Crippen molar-refractivity contribution in [2.75, 3.05) is 19.7 Å². The number of carboxylic acids is 1. The molecule has 140 valence electrons. The summed E-state index contributed by atoms with van der Waals surface area (Å²) in [6.45, 7) is 0.270. The molecule has 0 radical (unpaired) electrons. The Morgan fingerprint density at radius 3 is 2.30 bits per heavy atom. The predicted molar refractivity (Wildman–Crippen MR) is 97.3 cm³/mol. The predicted octanol–water partition coefficient (Wildman–Crippen LogP) is 1.49. The van der Waals surface area contributed by atoms with E-state index in [9.17, 15) is 19.5 Å². The molecule has 1 aliphatic heterocycles. The van der Waals surface area contributed by atoms with Crippen molar-refractivity contribution in [1.82, 2.24) is 4.90 Å². The van der Waals surface area contributed by atoms with E-state index in [2.05, 4.69) is 0 Å². The van der Waals surface area contributed by atoms with Crippen molar-refractivity contribution in [3.05, 3.63) is 65.7 Å². The van der Waals surface area contributed by atoms with Gasteiger partial charge in [0.05, 0.1) is 5.92 Å². The van der Waals surface area contributed by atoms with Crippen LogP contribution in [0, 0.1) is 5.92 Å². The second-order valence-corrected chi connectivity index (χ2v) is 6.45. The van der Waals surface area contributed by atoms with Gasteiger partial charge in [-0.15, -0.1) is 0 Å². The molecule has 2 aromatic carbocycles. The second kappa shape index (κ2) is 7.90. The number of primary amides is 1. The van der Waals surface area contributed by atoms with Crippen molar-refractivity contribution in [1.29, 1.82) is 0 Å². The fraction of sp³-hybridized carbons (Fsp3) is 0.250. The largest absolute Gasteiger partial charge is 0.484 e. The third-order valence-corrected chi connectivity index (χ3v) is 4.63. The molecule has 1 saturated heterocycles. The van der Waals surface area contributed by atoms with Gasteiger partial charge in [0.1, 0.15) is 5.75 Å². The van der Waals surface area contributed by atoms with Crippen LogP contribution in [-0.4, -0.2) is 47.5 Å². The van der Waals surface area contributed by atoms with Gasteiger partial charge in [-0.2, -0.15) is 0 Å². The summed E-state index contributed by atoms with van der Waals surface area (Å²) < 4.78 is 5.17. The van der Waals surface area contributed by atoms with Crippen LogP contribution in [0.3, 0.4) is 0 Å². The van der Waals surface area contributed by atoms with Crippen LogP contribution in [0.5, 0.6) is 5.75 Å². The Labute approximate surface area is 156 Å². The van der Waals surface area contributed by atoms with Crippen LogP contribution in [0.2, 0.25) is 0 Å². The third kappa shape index (κ3) is 4.25. The number of amides is 2. The minimum absolute atomic E-state index is 0.160. The van der Waals surface area contributed by atoms with Gasteiger partial charge in [0.25, 0.3) is 11.8 Å². The number of nitrogens with two attached hydrogens (primary N) is 1. The van der Waals surface area contributed by atoms with Crippen molar-refractivity contribution >= 4 is 17.8 Å². The van der Waals surface area contributed by atoms with Crippen LogP contribution in [0.25, 0.3) is 0 Å². The molecule has 27 heavy (non-hydrogen) atoms. The minimum Gasteiger partial charge on any atom is -0.484 e. The zero-order valence-electron chi connectivity index (χ0n) is 14.6. The number of carbonyl (C=O) groups excluding carboxylic acids is 2. The summed E-state index contributed by atoms with van der Waals surface area (Å²) in [7, 11) is 0. The maximum atomic E-state index is 12.8. The molecule has 0 saturated carbocycles. The molecule has 2 aromatic rings. The van der Waals surface area contributed by atoms with E-state index in [0.29, 0.717) is 17.9 Å². The summed E-state index contributed by atoms with van der Waals surface area (Å²) >= 11 is 0. The molecular formula is C20H20N2O5. The first-order valence-corrected chi connectivity index (χ1v) is 8.54. The summed E-state index contributed by atoms with van der Waals surface area (Å²) in [5.41, 5.74) is 6.37. The van der Waals surface area contributed by atoms with Gasteiger partial charge in [0, 0.05) is 24.6 Å². The van der Waals surface area contributed by atoms with Crippen LogP contribution in [0.1, 0.15) is 21.8 Å². The van der Waals surface area contributed by atoms with Gasteiger partial charge in [0.15, 0.2) is 6.61 Å². The molecule has 0 aliphatic carbocycles. The van der Waals surface area contributed by atoms with Gasteiger partial charge in [-0.1, -0.05) is 30.3 Å². The Morgan fingerprint density at radius 1 is 1.04 bits per heavy atom. The second-order valence-electron chi connectivity index (χ2n) is 6.45. The molecule has 2 amide bonds. The zero-order chi connectivity index (χ0) is 19.4. The molecule has 7 nitrogen and oxygen atoms in total. The molecule has 3 N–H and O–H groups in total. The highest BCUT2D eigenvalue weighted by molar-refractivity contribution is 5.95. The normalized spacial score (nSPS) is 18.9. The third-order valence-electron chi connectivity index (χ3n) is 4.63. The van der Waals surface area contributed by atoms with Crippen LogP contribution >= 0.6 is 0 Å². The lowest BCUT2D eigenvalue weighted by molar-refractivity contribution is -0.141. The summed E-state index contributed by atoms with van der Waals surface area (Å²) in [5, 5.41) is 9.56. The van der Waals surface area contributed by atoms with Crippen molar-refractivity contribution in [3.63, 3.8) is 0 Å². The van der Waals surface area contributed by atoms with E-state index in [1.54, 1.807) is 29.2 Å². The lowest BCUT2D eigenvalue weighted by Crippen LogP contribution is -2.29. The first-order chi connectivity index (χ1) is 13.0. The molecule has 0 unspecified atom stereocenters. The Hall–Kier alpha value is -3.35. The molecule has 7 heteroatoms. The van der Waals surface area contributed by atoms with E-state index < -0.39 is 17.8 Å². The van der Waals surface area contributed by atoms with Crippen LogP contribution in [0.15, 0.2) is 54.6 Å². The maximum absolute atomic E-state index is 12.8. The topological polar surface area (TPSA) is 110 Å². The lowest BCUT2D eigenvalue weighted by Gasteiger charge is -2.17. The number of carboxylic acid groups (broad SMARTS) is 1. The van der Waals surface area contributed by atoms with E-state index >= 15 is 0 Å². The first kappa shape index (κ1) is 18.4. The van der Waals surface area contributed by atoms with Gasteiger partial charge < -0.3 is 20.5 Å². The molecule has 1 fully saturated rings. The van der Waals surface area contributed by atoms with E-state index in [1.807, 2.05) is 30.3 Å². The number of carbonyl (C=O) groups is 3.